The van der Waals surface area contributed by atoms with Crippen molar-refractivity contribution in [2.75, 3.05) is 62.2 Å². The molecule has 0 atom stereocenters. The molecule has 5 saturated heterocycles. The third-order valence-electron chi connectivity index (χ3n) is 22.6. The van der Waals surface area contributed by atoms with E-state index in [4.69, 9.17) is 37.5 Å². The van der Waals surface area contributed by atoms with E-state index in [1.54, 1.807) is 20.2 Å². The normalized spacial score (nSPS) is 24.9. The molecule has 2 aliphatic carbocycles. The molecule has 490 valence electrons. The van der Waals surface area contributed by atoms with Crippen LogP contribution in [-0.2, 0) is 39.3 Å². The number of hydrogen-bond donors (Lipinski definition) is 0. The molecule has 7 aliphatic heterocycles. The number of carbonyl (C=O) groups excluding carboxylic acids is 4. The summed E-state index contributed by atoms with van der Waals surface area (Å²) in [5, 5.41) is 0.925. The largest absolute Gasteiger partial charge is 0.494 e. The summed E-state index contributed by atoms with van der Waals surface area (Å²) in [6.45, 7) is 27.1. The molecule has 4 aromatic heterocycles. The Morgan fingerprint density at radius 3 is 1.43 bits per heavy atom. The first kappa shape index (κ1) is 65.2. The van der Waals surface area contributed by atoms with Gasteiger partial charge >= 0.3 is 7.12 Å². The van der Waals surface area contributed by atoms with Crippen LogP contribution in [0, 0.1) is 0 Å². The van der Waals surface area contributed by atoms with Crippen molar-refractivity contribution in [3.63, 3.8) is 0 Å². The molecule has 22 heteroatoms. The molecule has 92 heavy (non-hydrogen) atoms. The van der Waals surface area contributed by atoms with E-state index in [-0.39, 0.29) is 41.8 Å². The molecule has 6 aromatic rings. The van der Waals surface area contributed by atoms with Gasteiger partial charge in [0, 0.05) is 93.2 Å². The Balaban J connectivity index is 0.000000139. The Hall–Kier alpha value is -5.48. The molecule has 0 radical (unpaired) electrons. The van der Waals surface area contributed by atoms with Crippen molar-refractivity contribution >= 4 is 109 Å². The first-order valence-electron chi connectivity index (χ1n) is 33.9. The maximum atomic E-state index is 14.4. The molecule has 7 fully saturated rings. The van der Waals surface area contributed by atoms with Gasteiger partial charge in [-0.3, -0.25) is 19.2 Å². The number of nitrogens with zero attached hydrogens (tertiary/aromatic N) is 12. The summed E-state index contributed by atoms with van der Waals surface area (Å²) in [6, 6.07) is 18.8. The van der Waals surface area contributed by atoms with Crippen LogP contribution in [0.3, 0.4) is 0 Å². The zero-order valence-electron chi connectivity index (χ0n) is 55.3. The average Bonchev–Trinajstić information content (AvgIpc) is 1.56. The molecule has 2 aromatic carbocycles. The predicted molar refractivity (Wildman–Crippen MR) is 367 cm³/mol. The minimum atomic E-state index is -0.568. The highest BCUT2D eigenvalue weighted by atomic mass is 79.9. The topological polar surface area (TPSA) is 168 Å². The van der Waals surface area contributed by atoms with Crippen molar-refractivity contribution in [2.45, 2.75) is 217 Å². The van der Waals surface area contributed by atoms with Gasteiger partial charge in [-0.05, 0) is 215 Å². The molecular formula is C70H90BBrCl2N12O6. The summed E-state index contributed by atoms with van der Waals surface area (Å²) < 4.78 is 17.5. The van der Waals surface area contributed by atoms with E-state index in [0.29, 0.717) is 84.9 Å². The van der Waals surface area contributed by atoms with Crippen LogP contribution in [0.1, 0.15) is 182 Å². The van der Waals surface area contributed by atoms with Crippen LogP contribution in [0.25, 0.3) is 33.3 Å². The average molecular weight is 1360 g/mol. The van der Waals surface area contributed by atoms with Crippen molar-refractivity contribution in [1.29, 1.82) is 0 Å². The molecule has 18 nitrogen and oxygen atoms in total. The number of piperidine rings is 4. The fourth-order valence-corrected chi connectivity index (χ4v) is 17.3. The monoisotopic (exact) mass is 1350 g/mol. The zero-order chi connectivity index (χ0) is 64.9. The first-order chi connectivity index (χ1) is 43.9. The van der Waals surface area contributed by atoms with E-state index in [0.717, 1.165) is 87.0 Å². The Kier molecular flexibility index (Phi) is 17.9. The quantitative estimate of drug-likeness (QED) is 0.105. The van der Waals surface area contributed by atoms with E-state index in [1.165, 1.54) is 64.7 Å². The third kappa shape index (κ3) is 11.6. The second kappa shape index (κ2) is 25.3. The number of benzene rings is 2. The Morgan fingerprint density at radius 1 is 0.565 bits per heavy atom. The van der Waals surface area contributed by atoms with E-state index in [2.05, 4.69) is 142 Å². The number of imidazole rings is 2. The summed E-state index contributed by atoms with van der Waals surface area (Å²) in [5.74, 6) is 0.627. The van der Waals surface area contributed by atoms with Gasteiger partial charge in [-0.15, -0.1) is 0 Å². The van der Waals surface area contributed by atoms with E-state index < -0.39 is 29.2 Å². The highest BCUT2D eigenvalue weighted by molar-refractivity contribution is 9.10. The van der Waals surface area contributed by atoms with Crippen molar-refractivity contribution in [3.05, 3.63) is 87.2 Å². The van der Waals surface area contributed by atoms with Crippen LogP contribution in [0.2, 0.25) is 10.3 Å². The fourth-order valence-electron chi connectivity index (χ4n) is 16.2. The van der Waals surface area contributed by atoms with Crippen LogP contribution < -0.4 is 15.3 Å². The van der Waals surface area contributed by atoms with E-state index in [9.17, 15) is 19.2 Å². The van der Waals surface area contributed by atoms with Gasteiger partial charge in [-0.25, -0.2) is 19.9 Å². The molecule has 15 rings (SSSR count). The third-order valence-corrected chi connectivity index (χ3v) is 23.5. The Bertz CT molecular complexity index is 3800. The van der Waals surface area contributed by atoms with Crippen molar-refractivity contribution < 1.29 is 28.5 Å². The highest BCUT2D eigenvalue weighted by Gasteiger charge is 2.59. The van der Waals surface area contributed by atoms with Crippen LogP contribution in [0.4, 0.5) is 11.4 Å². The summed E-state index contributed by atoms with van der Waals surface area (Å²) in [7, 11) is -0.453. The van der Waals surface area contributed by atoms with Crippen LogP contribution >= 0.6 is 39.1 Å². The van der Waals surface area contributed by atoms with Crippen molar-refractivity contribution in [3.8, 4) is 11.3 Å². The van der Waals surface area contributed by atoms with Crippen molar-refractivity contribution in [2.24, 2.45) is 0 Å². The molecular weight excluding hydrogens is 1270 g/mol. The summed E-state index contributed by atoms with van der Waals surface area (Å²) in [6.07, 6.45) is 18.3. The molecule has 0 bridgehead atoms. The lowest BCUT2D eigenvalue weighted by Gasteiger charge is -2.48. The van der Waals surface area contributed by atoms with Gasteiger partial charge in [0.05, 0.1) is 51.4 Å². The number of pyridine rings is 2. The van der Waals surface area contributed by atoms with Gasteiger partial charge in [0.25, 0.3) is 0 Å². The number of likely N-dealkylation sites (tertiary alicyclic amines) is 4. The van der Waals surface area contributed by atoms with Gasteiger partial charge in [0.2, 0.25) is 23.6 Å². The molecule has 0 N–H and O–H groups in total. The number of fused-ring (bicyclic) bond motifs is 6. The van der Waals surface area contributed by atoms with Gasteiger partial charge in [-0.2, -0.15) is 0 Å². The van der Waals surface area contributed by atoms with Gasteiger partial charge in [0.1, 0.15) is 15.6 Å². The van der Waals surface area contributed by atoms with Crippen LogP contribution in [0.15, 0.2) is 65.8 Å². The predicted octanol–water partition coefficient (Wildman–Crippen LogP) is 12.2. The lowest BCUT2D eigenvalue weighted by atomic mass is 9.71. The maximum Gasteiger partial charge on any atom is 0.494 e. The smallest absolute Gasteiger partial charge is 0.399 e. The Labute approximate surface area is 560 Å². The number of hydrogen-bond acceptors (Lipinski definition) is 12. The number of amides is 4. The number of rotatable bonds is 8. The maximum absolute atomic E-state index is 14.4. The SMILES string of the molecule is CC(=O)N1CCC2(CC1)C(=O)N(C1CC(N3CCCCC3)C1)c1cc(-c3cc4ncn(C(C)C)c4c(Cl)n3)ccc12.CC(=O)N1CCC2(CC1)C(=O)N(C1CC(N3CCCCC3)C1)c1cc(B3OC(C)(C)C(C)(C)O3)ccc12.CC(C)n1cnc2cc(Br)nc(Cl)c21. The molecule has 2 spiro atoms. The fraction of sp³-hybridized carbons (Fsp3) is 0.600. The minimum absolute atomic E-state index is 0.0827. The number of aromatic nitrogens is 6. The number of carbonyl (C=O) groups is 4. The van der Waals surface area contributed by atoms with Gasteiger partial charge in [-0.1, -0.05) is 60.3 Å². The summed E-state index contributed by atoms with van der Waals surface area (Å²) in [4.78, 5) is 84.0. The van der Waals surface area contributed by atoms with Gasteiger partial charge < -0.3 is 47.8 Å². The highest BCUT2D eigenvalue weighted by Crippen LogP contribution is 2.54. The number of halogens is 3. The van der Waals surface area contributed by atoms with E-state index >= 15 is 0 Å². The lowest BCUT2D eigenvalue weighted by molar-refractivity contribution is -0.134. The molecule has 11 heterocycles. The standard InChI is InChI=1S/C32H39ClN6O2.C29H42BN3O4.C9H9BrClN3/c1-20(2)38-19-34-27-18-26(35-30(33)29(27)38)22-7-8-25-28(15-22)39(24-16-23(17-24)37-11-5-4-6-12-37)31(41)32(25)9-13-36(14-10-32)21(3)40;1-20(34)31-15-11-29(12-16-31)24-10-9-21(30-36-27(2,3)28(4,5)37-30)17-25(24)33(26(29)35)23-18-22(19-23)32-13-7-6-8-14-32;1-5(2)14-4-12-6-3-7(10)13-9(11)8(6)14/h7-8,15,18-20,23-24H,4-6,9-14,16-17H2,1-3H3;9-10,17,22-23H,6-8,11-16,18-19H2,1-5H3;3-5H,1-2H3. The second-order valence-corrected chi connectivity index (χ2v) is 30.7. The van der Waals surface area contributed by atoms with Crippen molar-refractivity contribution in [1.82, 2.24) is 48.7 Å². The summed E-state index contributed by atoms with van der Waals surface area (Å²) >= 11 is 16.1. The van der Waals surface area contributed by atoms with Gasteiger partial charge in [0.15, 0.2) is 10.3 Å². The van der Waals surface area contributed by atoms with Crippen LogP contribution in [0.5, 0.6) is 0 Å². The molecule has 4 amide bonds. The second-order valence-electron chi connectivity index (χ2n) is 29.1. The summed E-state index contributed by atoms with van der Waals surface area (Å²) in [5.41, 5.74) is 8.44. The minimum Gasteiger partial charge on any atom is -0.399 e. The first-order valence-corrected chi connectivity index (χ1v) is 35.5. The van der Waals surface area contributed by atoms with E-state index in [1.807, 2.05) is 37.4 Å². The lowest BCUT2D eigenvalue weighted by Crippen LogP contribution is -2.58. The molecule has 0 unspecified atom stereocenters. The van der Waals surface area contributed by atoms with Crippen LogP contribution in [-0.4, -0.2) is 167 Å². The Morgan fingerprint density at radius 2 is 0.989 bits per heavy atom. The zero-order valence-corrected chi connectivity index (χ0v) is 58.4. The molecule has 2 saturated carbocycles. The molecule has 9 aliphatic rings. The number of anilines is 2.